The van der Waals surface area contributed by atoms with Gasteiger partial charge in [0, 0.05) is 23.4 Å². The number of benzene rings is 1. The molecule has 3 rings (SSSR count). The number of fused-ring (bicyclic) bond motifs is 1. The summed E-state index contributed by atoms with van der Waals surface area (Å²) in [6, 6.07) is 7.49. The van der Waals surface area contributed by atoms with Crippen LogP contribution in [0.1, 0.15) is 12.0 Å². The molecule has 1 aromatic heterocycles. The molecule has 23 heavy (non-hydrogen) atoms. The Balaban J connectivity index is 1.99. The van der Waals surface area contributed by atoms with Crippen molar-refractivity contribution in [2.75, 3.05) is 18.9 Å². The van der Waals surface area contributed by atoms with Gasteiger partial charge in [-0.3, -0.25) is 0 Å². The molecule has 2 aromatic rings. The summed E-state index contributed by atoms with van der Waals surface area (Å²) in [5, 5.41) is 9.75. The minimum atomic E-state index is -0.779. The van der Waals surface area contributed by atoms with Crippen molar-refractivity contribution in [1.29, 1.82) is 0 Å². The van der Waals surface area contributed by atoms with E-state index in [0.717, 1.165) is 29.5 Å². The van der Waals surface area contributed by atoms with E-state index in [4.69, 9.17) is 20.9 Å². The molecule has 120 valence electrons. The smallest absolute Gasteiger partial charge is 0.522 e. The van der Waals surface area contributed by atoms with Gasteiger partial charge in [-0.1, -0.05) is 0 Å². The number of ether oxygens (including phenoxy) is 1. The van der Waals surface area contributed by atoms with Crippen LogP contribution in [0.5, 0.6) is 11.5 Å². The summed E-state index contributed by atoms with van der Waals surface area (Å²) >= 11 is 0. The van der Waals surface area contributed by atoms with Gasteiger partial charge in [0.25, 0.3) is 0 Å². The highest BCUT2D eigenvalue weighted by Gasteiger charge is 2.26. The first kappa shape index (κ1) is 15.6. The molecule has 0 radical (unpaired) electrons. The average Bonchev–Trinajstić information content (AvgIpc) is 2.55. The van der Waals surface area contributed by atoms with Crippen molar-refractivity contribution in [1.82, 2.24) is 4.98 Å². The summed E-state index contributed by atoms with van der Waals surface area (Å²) in [7, 11) is -0.779. The van der Waals surface area contributed by atoms with Gasteiger partial charge < -0.3 is 25.9 Å². The maximum absolute atomic E-state index is 9.75. The molecule has 0 saturated carbocycles. The molecular weight excluding hydrogens is 293 g/mol. The molecule has 0 spiro atoms. The van der Waals surface area contributed by atoms with E-state index in [1.807, 2.05) is 18.2 Å². The molecule has 0 unspecified atom stereocenters. The molecular formula is C16H20BN3O3. The van der Waals surface area contributed by atoms with Crippen molar-refractivity contribution in [3.05, 3.63) is 36.0 Å². The Labute approximate surface area is 135 Å². The van der Waals surface area contributed by atoms with Crippen molar-refractivity contribution in [3.63, 3.8) is 0 Å². The lowest BCUT2D eigenvalue weighted by Gasteiger charge is -2.23. The zero-order valence-electron chi connectivity index (χ0n) is 12.9. The second-order valence-electron chi connectivity index (χ2n) is 5.52. The largest absolute Gasteiger partial charge is 0.536 e. The summed E-state index contributed by atoms with van der Waals surface area (Å²) in [5.41, 5.74) is 14.1. The molecule has 1 aliphatic heterocycles. The van der Waals surface area contributed by atoms with E-state index in [1.165, 1.54) is 0 Å². The molecule has 6 nitrogen and oxygen atoms in total. The van der Waals surface area contributed by atoms with Gasteiger partial charge in [0.1, 0.15) is 17.3 Å². The SMILES string of the molecule is NCCCOc1cc2c(c(-c3ccc(N)nc3)c1)CCB(O)O2. The number of hydrogen-bond donors (Lipinski definition) is 3. The van der Waals surface area contributed by atoms with Crippen LogP contribution >= 0.6 is 0 Å². The van der Waals surface area contributed by atoms with Crippen LogP contribution < -0.4 is 20.9 Å². The molecule has 0 amide bonds. The molecule has 2 heterocycles. The van der Waals surface area contributed by atoms with Crippen LogP contribution in [-0.4, -0.2) is 30.3 Å². The van der Waals surface area contributed by atoms with E-state index in [-0.39, 0.29) is 0 Å². The van der Waals surface area contributed by atoms with Crippen LogP contribution in [0.25, 0.3) is 11.1 Å². The number of pyridine rings is 1. The van der Waals surface area contributed by atoms with Gasteiger partial charge in [0.2, 0.25) is 0 Å². The lowest BCUT2D eigenvalue weighted by Crippen LogP contribution is -2.26. The maximum Gasteiger partial charge on any atom is 0.522 e. The van der Waals surface area contributed by atoms with Gasteiger partial charge in [-0.2, -0.15) is 0 Å². The number of anilines is 1. The lowest BCUT2D eigenvalue weighted by atomic mass is 9.77. The lowest BCUT2D eigenvalue weighted by molar-refractivity contribution is 0.311. The second kappa shape index (κ2) is 6.89. The van der Waals surface area contributed by atoms with Crippen LogP contribution in [0, 0.1) is 0 Å². The van der Waals surface area contributed by atoms with Gasteiger partial charge in [-0.05, 0) is 49.5 Å². The monoisotopic (exact) mass is 313 g/mol. The Morgan fingerprint density at radius 3 is 2.96 bits per heavy atom. The third-order valence-corrected chi connectivity index (χ3v) is 3.80. The third-order valence-electron chi connectivity index (χ3n) is 3.80. The van der Waals surface area contributed by atoms with E-state index in [0.29, 0.717) is 36.8 Å². The second-order valence-corrected chi connectivity index (χ2v) is 5.52. The van der Waals surface area contributed by atoms with Crippen LogP contribution in [0.2, 0.25) is 6.32 Å². The van der Waals surface area contributed by atoms with Crippen molar-refractivity contribution < 1.29 is 14.4 Å². The first-order valence-corrected chi connectivity index (χ1v) is 7.74. The first-order valence-electron chi connectivity index (χ1n) is 7.74. The van der Waals surface area contributed by atoms with Gasteiger partial charge in [-0.15, -0.1) is 0 Å². The summed E-state index contributed by atoms with van der Waals surface area (Å²) in [4.78, 5) is 4.15. The number of aromatic nitrogens is 1. The first-order chi connectivity index (χ1) is 11.2. The fraction of sp³-hybridized carbons (Fsp3) is 0.312. The summed E-state index contributed by atoms with van der Waals surface area (Å²) < 4.78 is 11.3. The van der Waals surface area contributed by atoms with Gasteiger partial charge in [-0.25, -0.2) is 4.98 Å². The highest BCUT2D eigenvalue weighted by atomic mass is 16.5. The number of rotatable bonds is 5. The summed E-state index contributed by atoms with van der Waals surface area (Å²) in [6.45, 7) is 1.12. The van der Waals surface area contributed by atoms with Gasteiger partial charge in [0.05, 0.1) is 6.61 Å². The maximum atomic E-state index is 9.75. The quantitative estimate of drug-likeness (QED) is 0.570. The molecule has 0 fully saturated rings. The van der Waals surface area contributed by atoms with Gasteiger partial charge in [0.15, 0.2) is 0 Å². The number of nitrogens with zero attached hydrogens (tertiary/aromatic N) is 1. The van der Waals surface area contributed by atoms with Crippen molar-refractivity contribution in [2.45, 2.75) is 19.2 Å². The standard InChI is InChI=1S/C16H20BN3O3/c18-6-1-7-22-12-8-14(11-2-3-16(19)20-10-11)13-4-5-17(21)23-15(13)9-12/h2-3,8-10,21H,1,4-7,18H2,(H2,19,20). The summed E-state index contributed by atoms with van der Waals surface area (Å²) in [5.74, 6) is 1.82. The molecule has 0 saturated heterocycles. The zero-order chi connectivity index (χ0) is 16.2. The Morgan fingerprint density at radius 2 is 2.22 bits per heavy atom. The number of hydrogen-bond acceptors (Lipinski definition) is 6. The van der Waals surface area contributed by atoms with Crippen LogP contribution in [0.4, 0.5) is 5.82 Å². The molecule has 0 bridgehead atoms. The fourth-order valence-electron chi connectivity index (χ4n) is 2.64. The molecule has 1 aromatic carbocycles. The van der Waals surface area contributed by atoms with Crippen molar-refractivity contribution in [2.24, 2.45) is 5.73 Å². The third kappa shape index (κ3) is 3.57. The molecule has 5 N–H and O–H groups in total. The fourth-order valence-corrected chi connectivity index (χ4v) is 2.64. The van der Waals surface area contributed by atoms with Crippen LogP contribution in [-0.2, 0) is 6.42 Å². The van der Waals surface area contributed by atoms with E-state index in [1.54, 1.807) is 12.3 Å². The Morgan fingerprint density at radius 1 is 1.35 bits per heavy atom. The van der Waals surface area contributed by atoms with E-state index >= 15 is 0 Å². The minimum Gasteiger partial charge on any atom is -0.536 e. The predicted molar refractivity (Wildman–Crippen MR) is 90.4 cm³/mol. The van der Waals surface area contributed by atoms with E-state index in [2.05, 4.69) is 4.98 Å². The molecule has 0 aliphatic carbocycles. The zero-order valence-corrected chi connectivity index (χ0v) is 12.9. The molecule has 1 aliphatic rings. The van der Waals surface area contributed by atoms with Crippen molar-refractivity contribution in [3.8, 4) is 22.6 Å². The summed E-state index contributed by atoms with van der Waals surface area (Å²) in [6.07, 6.45) is 3.81. The molecule has 7 heteroatoms. The average molecular weight is 313 g/mol. The highest BCUT2D eigenvalue weighted by Crippen LogP contribution is 2.39. The predicted octanol–water partition coefficient (Wildman–Crippen LogP) is 1.47. The normalized spacial score (nSPS) is 13.4. The number of nitrogen functional groups attached to an aromatic ring is 1. The van der Waals surface area contributed by atoms with Gasteiger partial charge >= 0.3 is 7.12 Å². The molecule has 0 atom stereocenters. The Kier molecular flexibility index (Phi) is 4.69. The highest BCUT2D eigenvalue weighted by molar-refractivity contribution is 6.44. The van der Waals surface area contributed by atoms with E-state index < -0.39 is 7.12 Å². The minimum absolute atomic E-state index is 0.477. The van der Waals surface area contributed by atoms with Crippen LogP contribution in [0.15, 0.2) is 30.5 Å². The number of nitrogens with two attached hydrogens (primary N) is 2. The Hall–Kier alpha value is -2.25. The topological polar surface area (TPSA) is 104 Å². The van der Waals surface area contributed by atoms with Crippen LogP contribution in [0.3, 0.4) is 0 Å². The Bertz CT molecular complexity index is 679. The van der Waals surface area contributed by atoms with Crippen molar-refractivity contribution >= 4 is 12.9 Å². The van der Waals surface area contributed by atoms with E-state index in [9.17, 15) is 5.02 Å².